The van der Waals surface area contributed by atoms with Crippen LogP contribution in [0.5, 0.6) is 17.2 Å². The number of phenols is 2. The average Bonchev–Trinajstić information content (AvgIpc) is 2.60. The largest absolute Gasteiger partial charge is 0.508 e. The average molecular weight is 345 g/mol. The minimum Gasteiger partial charge on any atom is -0.508 e. The quantitative estimate of drug-likeness (QED) is 0.659. The van der Waals surface area contributed by atoms with E-state index in [-0.39, 0.29) is 11.3 Å². The lowest BCUT2D eigenvalue weighted by atomic mass is 10.1. The van der Waals surface area contributed by atoms with Crippen LogP contribution in [0, 0.1) is 0 Å². The van der Waals surface area contributed by atoms with Crippen molar-refractivity contribution in [3.8, 4) is 17.2 Å². The number of esters is 1. The minimum atomic E-state index is -0.850. The van der Waals surface area contributed by atoms with Gasteiger partial charge in [-0.05, 0) is 30.2 Å². The third-order valence-corrected chi connectivity index (χ3v) is 3.44. The number of aromatic hydroxyl groups is 2. The molecule has 2 rings (SSSR count). The van der Waals surface area contributed by atoms with Gasteiger partial charge in [0.25, 0.3) is 5.91 Å². The van der Waals surface area contributed by atoms with Gasteiger partial charge in [-0.15, -0.1) is 0 Å². The van der Waals surface area contributed by atoms with Crippen LogP contribution in [-0.4, -0.2) is 42.4 Å². The first-order valence-corrected chi connectivity index (χ1v) is 7.59. The molecule has 0 radical (unpaired) electrons. The second-order valence-corrected chi connectivity index (χ2v) is 5.19. The fourth-order valence-electron chi connectivity index (χ4n) is 2.20. The number of methoxy groups -OCH3 is 1. The number of hydrogen-bond acceptors (Lipinski definition) is 6. The molecule has 0 aliphatic rings. The second kappa shape index (κ2) is 8.58. The molecule has 2 aromatic rings. The van der Waals surface area contributed by atoms with E-state index in [0.29, 0.717) is 13.0 Å². The first-order valence-electron chi connectivity index (χ1n) is 7.59. The first-order chi connectivity index (χ1) is 12.0. The molecule has 2 aromatic carbocycles. The molecule has 0 atom stereocenters. The first kappa shape index (κ1) is 18.1. The molecular formula is C18H19NO6. The topological polar surface area (TPSA) is 105 Å². The molecular weight excluding hydrogens is 326 g/mol. The molecule has 132 valence electrons. The summed E-state index contributed by atoms with van der Waals surface area (Å²) >= 11 is 0. The van der Waals surface area contributed by atoms with Crippen LogP contribution in [0.15, 0.2) is 42.5 Å². The number of carbonyl (C=O) groups excluding carboxylic acids is 2. The zero-order valence-electron chi connectivity index (χ0n) is 13.7. The van der Waals surface area contributed by atoms with Crippen LogP contribution in [0.2, 0.25) is 0 Å². The van der Waals surface area contributed by atoms with Crippen molar-refractivity contribution in [2.24, 2.45) is 0 Å². The maximum Gasteiger partial charge on any atom is 0.342 e. The Morgan fingerprint density at radius 2 is 1.88 bits per heavy atom. The maximum atomic E-state index is 11.8. The van der Waals surface area contributed by atoms with E-state index in [1.807, 2.05) is 24.3 Å². The highest BCUT2D eigenvalue weighted by molar-refractivity contribution is 5.94. The Balaban J connectivity index is 1.78. The van der Waals surface area contributed by atoms with Gasteiger partial charge in [0.15, 0.2) is 6.61 Å². The zero-order chi connectivity index (χ0) is 18.2. The zero-order valence-corrected chi connectivity index (χ0v) is 13.7. The summed E-state index contributed by atoms with van der Waals surface area (Å²) in [5.74, 6) is -1.16. The summed E-state index contributed by atoms with van der Waals surface area (Å²) < 4.78 is 10.1. The van der Waals surface area contributed by atoms with Gasteiger partial charge in [0.2, 0.25) is 0 Å². The summed E-state index contributed by atoms with van der Waals surface area (Å²) in [5, 5.41) is 21.4. The Bertz CT molecular complexity index is 759. The molecule has 0 saturated carbocycles. The summed E-state index contributed by atoms with van der Waals surface area (Å²) in [5.41, 5.74) is 0.830. The van der Waals surface area contributed by atoms with Crippen molar-refractivity contribution in [1.29, 1.82) is 0 Å². The van der Waals surface area contributed by atoms with Gasteiger partial charge in [0.1, 0.15) is 22.8 Å². The number of rotatable bonds is 7. The van der Waals surface area contributed by atoms with E-state index < -0.39 is 24.2 Å². The summed E-state index contributed by atoms with van der Waals surface area (Å²) in [6.07, 6.45) is 0.572. The van der Waals surface area contributed by atoms with Gasteiger partial charge in [0.05, 0.1) is 7.11 Å². The Kier molecular flexibility index (Phi) is 6.22. The lowest BCUT2D eigenvalue weighted by Gasteiger charge is -2.10. The van der Waals surface area contributed by atoms with Crippen LogP contribution >= 0.6 is 0 Å². The molecule has 7 heteroatoms. The molecule has 3 N–H and O–H groups in total. The van der Waals surface area contributed by atoms with Crippen molar-refractivity contribution in [1.82, 2.24) is 5.32 Å². The van der Waals surface area contributed by atoms with Crippen LogP contribution < -0.4 is 10.1 Å². The normalized spacial score (nSPS) is 10.1. The summed E-state index contributed by atoms with van der Waals surface area (Å²) in [6, 6.07) is 11.0. The van der Waals surface area contributed by atoms with Gasteiger partial charge in [-0.3, -0.25) is 4.79 Å². The van der Waals surface area contributed by atoms with Gasteiger partial charge in [0, 0.05) is 12.6 Å². The van der Waals surface area contributed by atoms with E-state index in [2.05, 4.69) is 5.32 Å². The van der Waals surface area contributed by atoms with Crippen LogP contribution in [-0.2, 0) is 16.0 Å². The predicted molar refractivity (Wildman–Crippen MR) is 89.8 cm³/mol. The summed E-state index contributed by atoms with van der Waals surface area (Å²) in [4.78, 5) is 23.5. The standard InChI is InChI=1S/C18H19NO6/c1-24-16-5-3-2-4-12(16)8-9-19-17(22)11-25-18(23)14-7-6-13(20)10-15(14)21/h2-7,10,20-21H,8-9,11H2,1H3,(H,19,22). The van der Waals surface area contributed by atoms with Crippen LogP contribution in [0.4, 0.5) is 0 Å². The van der Waals surface area contributed by atoms with Gasteiger partial charge < -0.3 is 25.0 Å². The molecule has 0 heterocycles. The van der Waals surface area contributed by atoms with Crippen LogP contribution in [0.1, 0.15) is 15.9 Å². The molecule has 0 bridgehead atoms. The Labute approximate surface area is 144 Å². The van der Waals surface area contributed by atoms with Crippen LogP contribution in [0.3, 0.4) is 0 Å². The number of benzene rings is 2. The molecule has 7 nitrogen and oxygen atoms in total. The van der Waals surface area contributed by atoms with E-state index in [1.165, 1.54) is 12.1 Å². The number of para-hydroxylation sites is 1. The third kappa shape index (κ3) is 5.13. The monoisotopic (exact) mass is 345 g/mol. The van der Waals surface area contributed by atoms with E-state index >= 15 is 0 Å². The van der Waals surface area contributed by atoms with Gasteiger partial charge in [-0.1, -0.05) is 18.2 Å². The SMILES string of the molecule is COc1ccccc1CCNC(=O)COC(=O)c1ccc(O)cc1O. The summed E-state index contributed by atoms with van der Waals surface area (Å²) in [6.45, 7) is -0.105. The Morgan fingerprint density at radius 3 is 2.60 bits per heavy atom. The molecule has 0 saturated heterocycles. The fraction of sp³-hybridized carbons (Fsp3) is 0.222. The van der Waals surface area contributed by atoms with Crippen molar-refractivity contribution < 1.29 is 29.3 Å². The number of carbonyl (C=O) groups is 2. The van der Waals surface area contributed by atoms with E-state index in [4.69, 9.17) is 9.47 Å². The van der Waals surface area contributed by atoms with Gasteiger partial charge in [-0.25, -0.2) is 4.79 Å². The summed E-state index contributed by atoms with van der Waals surface area (Å²) in [7, 11) is 1.58. The Morgan fingerprint density at radius 1 is 1.12 bits per heavy atom. The smallest absolute Gasteiger partial charge is 0.342 e. The molecule has 0 spiro atoms. The predicted octanol–water partition coefficient (Wildman–Crippen LogP) is 1.62. The van der Waals surface area contributed by atoms with Gasteiger partial charge >= 0.3 is 5.97 Å². The maximum absolute atomic E-state index is 11.8. The number of ether oxygens (including phenoxy) is 2. The van der Waals surface area contributed by atoms with Crippen molar-refractivity contribution >= 4 is 11.9 Å². The second-order valence-electron chi connectivity index (χ2n) is 5.19. The molecule has 0 aliphatic heterocycles. The third-order valence-electron chi connectivity index (χ3n) is 3.44. The van der Waals surface area contributed by atoms with Crippen molar-refractivity contribution in [2.45, 2.75) is 6.42 Å². The van der Waals surface area contributed by atoms with Crippen molar-refractivity contribution in [3.63, 3.8) is 0 Å². The Hall–Kier alpha value is -3.22. The highest BCUT2D eigenvalue weighted by atomic mass is 16.5. The fourth-order valence-corrected chi connectivity index (χ4v) is 2.20. The lowest BCUT2D eigenvalue weighted by Crippen LogP contribution is -2.30. The number of phenolic OH excluding ortho intramolecular Hbond substituents is 2. The van der Waals surface area contributed by atoms with Crippen molar-refractivity contribution in [2.75, 3.05) is 20.3 Å². The molecule has 0 unspecified atom stereocenters. The highest BCUT2D eigenvalue weighted by Gasteiger charge is 2.14. The van der Waals surface area contributed by atoms with Gasteiger partial charge in [-0.2, -0.15) is 0 Å². The minimum absolute atomic E-state index is 0.125. The number of nitrogens with one attached hydrogen (secondary N) is 1. The number of amides is 1. The highest BCUT2D eigenvalue weighted by Crippen LogP contribution is 2.23. The lowest BCUT2D eigenvalue weighted by molar-refractivity contribution is -0.124. The van der Waals surface area contributed by atoms with E-state index in [0.717, 1.165) is 17.4 Å². The van der Waals surface area contributed by atoms with E-state index in [9.17, 15) is 19.8 Å². The molecule has 1 amide bonds. The van der Waals surface area contributed by atoms with Crippen LogP contribution in [0.25, 0.3) is 0 Å². The van der Waals surface area contributed by atoms with E-state index in [1.54, 1.807) is 7.11 Å². The molecule has 0 fully saturated rings. The molecule has 25 heavy (non-hydrogen) atoms. The molecule has 0 aromatic heterocycles. The molecule has 0 aliphatic carbocycles. The number of hydrogen-bond donors (Lipinski definition) is 3. The van der Waals surface area contributed by atoms with Crippen molar-refractivity contribution in [3.05, 3.63) is 53.6 Å².